The minimum atomic E-state index is -0.516. The van der Waals surface area contributed by atoms with Gasteiger partial charge in [0.05, 0.1) is 18.5 Å². The van der Waals surface area contributed by atoms with Crippen LogP contribution in [0.4, 0.5) is 4.79 Å². The van der Waals surface area contributed by atoms with E-state index in [0.717, 1.165) is 6.42 Å². The van der Waals surface area contributed by atoms with Gasteiger partial charge >= 0.3 is 6.09 Å². The Morgan fingerprint density at radius 2 is 1.88 bits per heavy atom. The van der Waals surface area contributed by atoms with Crippen molar-refractivity contribution in [3.63, 3.8) is 0 Å². The van der Waals surface area contributed by atoms with Crippen LogP contribution in [0.5, 0.6) is 0 Å². The molecule has 17 heavy (non-hydrogen) atoms. The van der Waals surface area contributed by atoms with E-state index in [2.05, 4.69) is 11.4 Å². The number of ether oxygens (including phenoxy) is 1. The number of nitrogens with zero attached hydrogens (tertiary/aromatic N) is 1. The Hall–Kier alpha value is -1.24. The molecule has 0 spiro atoms. The molecular formula is C13H24N2O2. The average Bonchev–Trinajstić information content (AvgIpc) is 2.14. The van der Waals surface area contributed by atoms with Gasteiger partial charge in [0.1, 0.15) is 5.60 Å². The predicted molar refractivity (Wildman–Crippen MR) is 67.5 cm³/mol. The summed E-state index contributed by atoms with van der Waals surface area (Å²) in [7, 11) is 0. The molecule has 4 nitrogen and oxygen atoms in total. The zero-order valence-electron chi connectivity index (χ0n) is 11.8. The van der Waals surface area contributed by atoms with Crippen molar-refractivity contribution < 1.29 is 9.53 Å². The van der Waals surface area contributed by atoms with Crippen molar-refractivity contribution in [1.29, 1.82) is 5.26 Å². The highest BCUT2D eigenvalue weighted by Gasteiger charge is 2.30. The monoisotopic (exact) mass is 240 g/mol. The number of rotatable bonds is 4. The molecule has 0 unspecified atom stereocenters. The number of alkyl carbamates (subject to hydrolysis) is 1. The summed E-state index contributed by atoms with van der Waals surface area (Å²) in [6, 6.07) is 1.92. The van der Waals surface area contributed by atoms with Crippen LogP contribution in [0, 0.1) is 16.7 Å². The van der Waals surface area contributed by atoms with Crippen LogP contribution in [0.3, 0.4) is 0 Å². The number of nitriles is 1. The quantitative estimate of drug-likeness (QED) is 0.820. The molecule has 0 fully saturated rings. The summed E-state index contributed by atoms with van der Waals surface area (Å²) in [4.78, 5) is 11.7. The van der Waals surface area contributed by atoms with Crippen LogP contribution in [0.15, 0.2) is 0 Å². The molecule has 1 amide bonds. The SMILES string of the molecule is CCC(C)(C)[C@H](CC#N)NC(=O)OC(C)(C)C. The standard InChI is InChI=1S/C13H24N2O2/c1-7-13(5,6)10(8-9-14)15-11(16)17-12(2,3)4/h10H,7-8H2,1-6H3,(H,15,16)/t10-/m0/s1. The van der Waals surface area contributed by atoms with Gasteiger partial charge in [0.15, 0.2) is 0 Å². The first-order chi connectivity index (χ1) is 7.62. The van der Waals surface area contributed by atoms with Gasteiger partial charge in [0.2, 0.25) is 0 Å². The third kappa shape index (κ3) is 6.15. The van der Waals surface area contributed by atoms with E-state index in [1.54, 1.807) is 0 Å². The molecule has 98 valence electrons. The van der Waals surface area contributed by atoms with Crippen LogP contribution < -0.4 is 5.32 Å². The number of amides is 1. The van der Waals surface area contributed by atoms with E-state index in [0.29, 0.717) is 6.42 Å². The summed E-state index contributed by atoms with van der Waals surface area (Å²) in [5, 5.41) is 11.6. The highest BCUT2D eigenvalue weighted by atomic mass is 16.6. The highest BCUT2D eigenvalue weighted by molar-refractivity contribution is 5.68. The second-order valence-corrected chi connectivity index (χ2v) is 5.90. The Balaban J connectivity index is 4.57. The van der Waals surface area contributed by atoms with Crippen LogP contribution in [0.25, 0.3) is 0 Å². The molecule has 1 atom stereocenters. The molecule has 1 N–H and O–H groups in total. The zero-order chi connectivity index (χ0) is 13.7. The summed E-state index contributed by atoms with van der Waals surface area (Å²) in [6.07, 6.45) is 0.717. The van der Waals surface area contributed by atoms with E-state index in [9.17, 15) is 4.79 Å². The molecule has 0 saturated heterocycles. The molecule has 0 rings (SSSR count). The van der Waals surface area contributed by atoms with Gasteiger partial charge in [-0.15, -0.1) is 0 Å². The number of nitrogens with one attached hydrogen (secondary N) is 1. The van der Waals surface area contributed by atoms with Gasteiger partial charge in [-0.1, -0.05) is 20.8 Å². The lowest BCUT2D eigenvalue weighted by Crippen LogP contribution is -2.46. The van der Waals surface area contributed by atoms with E-state index in [1.807, 2.05) is 41.5 Å². The van der Waals surface area contributed by atoms with Crippen molar-refractivity contribution in [1.82, 2.24) is 5.32 Å². The summed E-state index contributed by atoms with van der Waals surface area (Å²) in [5.74, 6) is 0. The van der Waals surface area contributed by atoms with Gasteiger partial charge in [0, 0.05) is 0 Å². The highest BCUT2D eigenvalue weighted by Crippen LogP contribution is 2.27. The van der Waals surface area contributed by atoms with Crippen LogP contribution >= 0.6 is 0 Å². The van der Waals surface area contributed by atoms with E-state index in [1.165, 1.54) is 0 Å². The molecule has 0 aliphatic carbocycles. The van der Waals surface area contributed by atoms with Crippen molar-refractivity contribution >= 4 is 6.09 Å². The second kappa shape index (κ2) is 5.90. The molecule has 0 aromatic carbocycles. The molecule has 4 heteroatoms. The van der Waals surface area contributed by atoms with Gasteiger partial charge < -0.3 is 10.1 Å². The van der Waals surface area contributed by atoms with Gasteiger partial charge in [-0.2, -0.15) is 5.26 Å². The zero-order valence-corrected chi connectivity index (χ0v) is 11.8. The fraction of sp³-hybridized carbons (Fsp3) is 0.846. The van der Waals surface area contributed by atoms with Crippen molar-refractivity contribution in [3.8, 4) is 6.07 Å². The molecule has 0 aromatic rings. The first kappa shape index (κ1) is 15.8. The topological polar surface area (TPSA) is 62.1 Å². The average molecular weight is 240 g/mol. The van der Waals surface area contributed by atoms with Gasteiger partial charge in [-0.05, 0) is 32.6 Å². The summed E-state index contributed by atoms with van der Waals surface area (Å²) in [6.45, 7) is 11.6. The van der Waals surface area contributed by atoms with Gasteiger partial charge in [-0.25, -0.2) is 4.79 Å². The maximum Gasteiger partial charge on any atom is 0.407 e. The molecule has 0 aliphatic rings. The van der Waals surface area contributed by atoms with Crippen molar-refractivity contribution in [2.45, 2.75) is 66.0 Å². The van der Waals surface area contributed by atoms with E-state index >= 15 is 0 Å². The Morgan fingerprint density at radius 3 is 2.24 bits per heavy atom. The lowest BCUT2D eigenvalue weighted by atomic mass is 9.80. The number of carbonyl (C=O) groups is 1. The number of carbonyl (C=O) groups excluding carboxylic acids is 1. The fourth-order valence-corrected chi connectivity index (χ4v) is 1.31. The third-order valence-corrected chi connectivity index (χ3v) is 2.84. The fourth-order valence-electron chi connectivity index (χ4n) is 1.31. The normalized spacial score (nSPS) is 13.7. The lowest BCUT2D eigenvalue weighted by molar-refractivity contribution is 0.0457. The Bertz CT molecular complexity index is 298. The third-order valence-electron chi connectivity index (χ3n) is 2.84. The number of hydrogen-bond donors (Lipinski definition) is 1. The van der Waals surface area contributed by atoms with E-state index in [-0.39, 0.29) is 11.5 Å². The Labute approximate surface area is 104 Å². The number of hydrogen-bond acceptors (Lipinski definition) is 3. The van der Waals surface area contributed by atoms with Crippen LogP contribution in [0.1, 0.15) is 54.4 Å². The second-order valence-electron chi connectivity index (χ2n) is 5.90. The smallest absolute Gasteiger partial charge is 0.407 e. The summed E-state index contributed by atoms with van der Waals surface area (Å²) < 4.78 is 5.19. The Morgan fingerprint density at radius 1 is 1.35 bits per heavy atom. The largest absolute Gasteiger partial charge is 0.444 e. The maximum atomic E-state index is 11.7. The minimum Gasteiger partial charge on any atom is -0.444 e. The lowest BCUT2D eigenvalue weighted by Gasteiger charge is -2.33. The van der Waals surface area contributed by atoms with Crippen molar-refractivity contribution in [2.75, 3.05) is 0 Å². The van der Waals surface area contributed by atoms with E-state index < -0.39 is 11.7 Å². The van der Waals surface area contributed by atoms with Crippen LogP contribution in [-0.2, 0) is 4.74 Å². The molecule has 0 radical (unpaired) electrons. The molecule has 0 heterocycles. The van der Waals surface area contributed by atoms with Crippen molar-refractivity contribution in [2.24, 2.45) is 5.41 Å². The van der Waals surface area contributed by atoms with Crippen LogP contribution in [0.2, 0.25) is 0 Å². The molecule has 0 bridgehead atoms. The van der Waals surface area contributed by atoms with Gasteiger partial charge in [0.25, 0.3) is 0 Å². The first-order valence-electron chi connectivity index (χ1n) is 5.99. The molecule has 0 aromatic heterocycles. The maximum absolute atomic E-state index is 11.7. The van der Waals surface area contributed by atoms with Crippen LogP contribution in [-0.4, -0.2) is 17.7 Å². The Kier molecular flexibility index (Phi) is 5.47. The van der Waals surface area contributed by atoms with E-state index in [4.69, 9.17) is 10.00 Å². The summed E-state index contributed by atoms with van der Waals surface area (Å²) >= 11 is 0. The van der Waals surface area contributed by atoms with Crippen molar-refractivity contribution in [3.05, 3.63) is 0 Å². The minimum absolute atomic E-state index is 0.118. The van der Waals surface area contributed by atoms with Gasteiger partial charge in [-0.3, -0.25) is 0 Å². The molecule has 0 aliphatic heterocycles. The first-order valence-corrected chi connectivity index (χ1v) is 5.99. The predicted octanol–water partition coefficient (Wildman–Crippen LogP) is 3.23. The molecular weight excluding hydrogens is 216 g/mol. The summed E-state index contributed by atoms with van der Waals surface area (Å²) in [5.41, 5.74) is -0.635. The molecule has 0 saturated carbocycles.